The maximum atomic E-state index is 13.0. The molecule has 108 valence electrons. The first-order valence-corrected chi connectivity index (χ1v) is 6.38. The summed E-state index contributed by atoms with van der Waals surface area (Å²) in [6, 6.07) is 10.9. The third-order valence-electron chi connectivity index (χ3n) is 3.07. The Hall–Kier alpha value is -2.76. The molecule has 0 aromatic heterocycles. The molecule has 6 heteroatoms. The quantitative estimate of drug-likeness (QED) is 0.831. The summed E-state index contributed by atoms with van der Waals surface area (Å²) in [4.78, 5) is 12.1. The number of anilines is 2. The summed E-state index contributed by atoms with van der Waals surface area (Å²) in [6.45, 7) is 0.101. The van der Waals surface area contributed by atoms with Gasteiger partial charge in [0.05, 0.1) is 11.4 Å². The van der Waals surface area contributed by atoms with Crippen LogP contribution in [-0.4, -0.2) is 18.6 Å². The summed E-state index contributed by atoms with van der Waals surface area (Å²) in [7, 11) is 0. The molecular weight excluding hydrogens is 275 g/mol. The van der Waals surface area contributed by atoms with Gasteiger partial charge in [0.15, 0.2) is 11.5 Å². The van der Waals surface area contributed by atoms with Crippen molar-refractivity contribution in [1.29, 1.82) is 0 Å². The van der Waals surface area contributed by atoms with Gasteiger partial charge in [-0.1, -0.05) is 12.1 Å². The Bertz CT molecular complexity index is 690. The molecule has 3 rings (SSSR count). The van der Waals surface area contributed by atoms with E-state index in [2.05, 4.69) is 5.32 Å². The molecule has 0 radical (unpaired) electrons. The number of para-hydroxylation sites is 2. The monoisotopic (exact) mass is 288 g/mol. The number of amides is 1. The number of nitrogen functional groups attached to an aromatic ring is 1. The number of hydrogen-bond acceptors (Lipinski definition) is 4. The number of benzene rings is 2. The van der Waals surface area contributed by atoms with Crippen molar-refractivity contribution in [3.05, 3.63) is 48.3 Å². The van der Waals surface area contributed by atoms with Gasteiger partial charge in [-0.15, -0.1) is 0 Å². The Balaban J connectivity index is 1.72. The van der Waals surface area contributed by atoms with Crippen molar-refractivity contribution in [3.63, 3.8) is 0 Å². The summed E-state index contributed by atoms with van der Waals surface area (Å²) in [6.07, 6.45) is -0.788. The average molecular weight is 288 g/mol. The van der Waals surface area contributed by atoms with Crippen molar-refractivity contribution in [3.8, 4) is 11.5 Å². The van der Waals surface area contributed by atoms with Crippen molar-refractivity contribution in [2.24, 2.45) is 0 Å². The topological polar surface area (TPSA) is 73.6 Å². The van der Waals surface area contributed by atoms with E-state index in [9.17, 15) is 9.18 Å². The van der Waals surface area contributed by atoms with E-state index in [0.717, 1.165) is 6.07 Å². The Kier molecular flexibility index (Phi) is 3.35. The first-order chi connectivity index (χ1) is 10.1. The zero-order valence-corrected chi connectivity index (χ0v) is 11.0. The van der Waals surface area contributed by atoms with Crippen molar-refractivity contribution in [1.82, 2.24) is 0 Å². The maximum absolute atomic E-state index is 13.0. The largest absolute Gasteiger partial charge is 0.485 e. The Morgan fingerprint density at radius 1 is 1.24 bits per heavy atom. The fourth-order valence-corrected chi connectivity index (χ4v) is 2.01. The third-order valence-corrected chi connectivity index (χ3v) is 3.07. The Morgan fingerprint density at radius 2 is 2.00 bits per heavy atom. The van der Waals surface area contributed by atoms with E-state index in [-0.39, 0.29) is 12.3 Å². The molecule has 1 heterocycles. The van der Waals surface area contributed by atoms with Crippen molar-refractivity contribution in [2.75, 3.05) is 17.7 Å². The van der Waals surface area contributed by atoms with Crippen LogP contribution in [0.2, 0.25) is 0 Å². The number of ether oxygens (including phenoxy) is 2. The number of carbonyl (C=O) groups is 1. The molecule has 21 heavy (non-hydrogen) atoms. The van der Waals surface area contributed by atoms with Gasteiger partial charge in [-0.25, -0.2) is 4.39 Å². The van der Waals surface area contributed by atoms with Gasteiger partial charge in [-0.2, -0.15) is 0 Å². The summed E-state index contributed by atoms with van der Waals surface area (Å²) in [5, 5.41) is 2.60. The van der Waals surface area contributed by atoms with E-state index < -0.39 is 17.8 Å². The lowest BCUT2D eigenvalue weighted by molar-refractivity contribution is -0.125. The van der Waals surface area contributed by atoms with Crippen LogP contribution in [0.3, 0.4) is 0 Å². The molecular formula is C15H13FN2O3. The van der Waals surface area contributed by atoms with Crippen LogP contribution in [0.4, 0.5) is 15.8 Å². The second-order valence-electron chi connectivity index (χ2n) is 4.59. The standard InChI is InChI=1S/C15H13FN2O3/c16-9-5-6-11(10(17)7-9)18-15(19)14-8-20-12-3-1-2-4-13(12)21-14/h1-7,14H,8,17H2,(H,18,19). The Morgan fingerprint density at radius 3 is 2.76 bits per heavy atom. The molecule has 1 aliphatic heterocycles. The fourth-order valence-electron chi connectivity index (χ4n) is 2.01. The highest BCUT2D eigenvalue weighted by Crippen LogP contribution is 2.31. The number of hydrogen-bond donors (Lipinski definition) is 2. The lowest BCUT2D eigenvalue weighted by Gasteiger charge is -2.25. The van der Waals surface area contributed by atoms with Crippen molar-refractivity contribution >= 4 is 17.3 Å². The molecule has 0 spiro atoms. The van der Waals surface area contributed by atoms with Gasteiger partial charge in [0.1, 0.15) is 12.4 Å². The molecule has 2 aromatic rings. The second-order valence-corrected chi connectivity index (χ2v) is 4.59. The summed E-state index contributed by atoms with van der Waals surface area (Å²) >= 11 is 0. The minimum absolute atomic E-state index is 0.101. The average Bonchev–Trinajstić information content (AvgIpc) is 2.49. The van der Waals surface area contributed by atoms with Gasteiger partial charge < -0.3 is 20.5 Å². The molecule has 1 atom stereocenters. The highest BCUT2D eigenvalue weighted by atomic mass is 19.1. The Labute approximate surface area is 120 Å². The van der Waals surface area contributed by atoms with Crippen molar-refractivity contribution in [2.45, 2.75) is 6.10 Å². The molecule has 5 nitrogen and oxygen atoms in total. The lowest BCUT2D eigenvalue weighted by atomic mass is 10.2. The lowest BCUT2D eigenvalue weighted by Crippen LogP contribution is -2.40. The maximum Gasteiger partial charge on any atom is 0.269 e. The van der Waals surface area contributed by atoms with E-state index in [0.29, 0.717) is 17.2 Å². The summed E-state index contributed by atoms with van der Waals surface area (Å²) in [5.74, 6) is 0.248. The molecule has 0 aliphatic carbocycles. The zero-order chi connectivity index (χ0) is 14.8. The number of nitrogens with one attached hydrogen (secondary N) is 1. The smallest absolute Gasteiger partial charge is 0.269 e. The van der Waals surface area contributed by atoms with Gasteiger partial charge in [0.2, 0.25) is 6.10 Å². The second kappa shape index (κ2) is 5.32. The third kappa shape index (κ3) is 2.74. The van der Waals surface area contributed by atoms with E-state index in [1.165, 1.54) is 12.1 Å². The molecule has 3 N–H and O–H groups in total. The van der Waals surface area contributed by atoms with Gasteiger partial charge in [0, 0.05) is 0 Å². The predicted molar refractivity (Wildman–Crippen MR) is 75.8 cm³/mol. The van der Waals surface area contributed by atoms with Crippen LogP contribution in [-0.2, 0) is 4.79 Å². The molecule has 1 amide bonds. The first-order valence-electron chi connectivity index (χ1n) is 6.38. The fraction of sp³-hybridized carbons (Fsp3) is 0.133. The molecule has 0 saturated carbocycles. The van der Waals surface area contributed by atoms with Crippen LogP contribution in [0, 0.1) is 5.82 Å². The number of carbonyl (C=O) groups excluding carboxylic acids is 1. The van der Waals surface area contributed by atoms with Gasteiger partial charge >= 0.3 is 0 Å². The van der Waals surface area contributed by atoms with Gasteiger partial charge in [0.25, 0.3) is 5.91 Å². The number of rotatable bonds is 2. The SMILES string of the molecule is Nc1cc(F)ccc1NC(=O)C1COc2ccccc2O1. The van der Waals surface area contributed by atoms with Crippen LogP contribution in [0.25, 0.3) is 0 Å². The van der Waals surface area contributed by atoms with Crippen molar-refractivity contribution < 1.29 is 18.7 Å². The number of nitrogens with two attached hydrogens (primary N) is 1. The van der Waals surface area contributed by atoms with Gasteiger partial charge in [-0.05, 0) is 30.3 Å². The highest BCUT2D eigenvalue weighted by molar-refractivity contribution is 5.97. The van der Waals surface area contributed by atoms with Crippen LogP contribution in [0.1, 0.15) is 0 Å². The zero-order valence-electron chi connectivity index (χ0n) is 11.0. The molecule has 0 fully saturated rings. The minimum Gasteiger partial charge on any atom is -0.485 e. The van der Waals surface area contributed by atoms with E-state index in [4.69, 9.17) is 15.2 Å². The van der Waals surface area contributed by atoms with Crippen LogP contribution < -0.4 is 20.5 Å². The number of halogens is 1. The molecule has 1 unspecified atom stereocenters. The van der Waals surface area contributed by atoms with E-state index in [1.54, 1.807) is 18.2 Å². The molecule has 0 bridgehead atoms. The van der Waals surface area contributed by atoms with Crippen LogP contribution in [0.5, 0.6) is 11.5 Å². The molecule has 1 aliphatic rings. The van der Waals surface area contributed by atoms with E-state index in [1.807, 2.05) is 6.07 Å². The normalized spacial score (nSPS) is 16.3. The van der Waals surface area contributed by atoms with Crippen LogP contribution in [0.15, 0.2) is 42.5 Å². The van der Waals surface area contributed by atoms with Gasteiger partial charge in [-0.3, -0.25) is 4.79 Å². The highest BCUT2D eigenvalue weighted by Gasteiger charge is 2.27. The number of fused-ring (bicyclic) bond motifs is 1. The molecule has 0 saturated heterocycles. The van der Waals surface area contributed by atoms with Crippen LogP contribution >= 0.6 is 0 Å². The minimum atomic E-state index is -0.788. The predicted octanol–water partition coefficient (Wildman–Crippen LogP) is 2.19. The molecule has 2 aromatic carbocycles. The summed E-state index contributed by atoms with van der Waals surface area (Å²) in [5.41, 5.74) is 6.14. The summed E-state index contributed by atoms with van der Waals surface area (Å²) < 4.78 is 24.0. The first kappa shape index (κ1) is 13.2. The van der Waals surface area contributed by atoms with E-state index >= 15 is 0 Å².